The van der Waals surface area contributed by atoms with Crippen LogP contribution in [0, 0.1) is 50.7 Å². The normalized spacial score (nSPS) is 44.9. The van der Waals surface area contributed by atoms with Gasteiger partial charge >= 0.3 is 11.9 Å². The molecule has 2 aromatic carbocycles. The number of aromatic hydroxyl groups is 1. The maximum absolute atomic E-state index is 15.0. The van der Waals surface area contributed by atoms with Gasteiger partial charge in [0.1, 0.15) is 22.9 Å². The van der Waals surface area contributed by atoms with E-state index in [9.17, 15) is 19.8 Å². The summed E-state index contributed by atoms with van der Waals surface area (Å²) >= 11 is 0. The number of rotatable bonds is 7. The first-order chi connectivity index (χ1) is 27.5. The van der Waals surface area contributed by atoms with Gasteiger partial charge in [-0.2, -0.15) is 0 Å². The number of methoxy groups -OCH3 is 1. The molecule has 3 saturated heterocycles. The zero-order chi connectivity index (χ0) is 40.7. The third-order valence-electron chi connectivity index (χ3n) is 17.2. The Labute approximate surface area is 340 Å². The first-order valence-electron chi connectivity index (χ1n) is 21.3. The highest BCUT2D eigenvalue weighted by Crippen LogP contribution is 2.89. The minimum absolute atomic E-state index is 0.0218. The maximum Gasteiger partial charge on any atom is 0.312 e. The van der Waals surface area contributed by atoms with E-state index in [-0.39, 0.29) is 82.6 Å². The van der Waals surface area contributed by atoms with Crippen LogP contribution in [0.4, 0.5) is 0 Å². The van der Waals surface area contributed by atoms with Crippen LogP contribution in [0.15, 0.2) is 72.3 Å². The van der Waals surface area contributed by atoms with Crippen LogP contribution >= 0.6 is 0 Å². The van der Waals surface area contributed by atoms with Gasteiger partial charge in [0.05, 0.1) is 51.3 Å². The van der Waals surface area contributed by atoms with Crippen LogP contribution in [0.1, 0.15) is 109 Å². The summed E-state index contributed by atoms with van der Waals surface area (Å²) in [7, 11) is 1.68. The summed E-state index contributed by atoms with van der Waals surface area (Å²) in [5, 5.41) is 20.2. The molecule has 10 rings (SSSR count). The van der Waals surface area contributed by atoms with Crippen molar-refractivity contribution >= 4 is 17.7 Å². The molecule has 58 heavy (non-hydrogen) atoms. The number of benzene rings is 2. The number of ether oxygens (including phenoxy) is 5. The molecular formula is C48H56O10. The zero-order valence-electron chi connectivity index (χ0n) is 34.3. The van der Waals surface area contributed by atoms with Crippen LogP contribution in [-0.4, -0.2) is 59.6 Å². The Morgan fingerprint density at radius 2 is 1.74 bits per heavy atom. The number of hydrogen-bond donors (Lipinski definition) is 2. The Kier molecular flexibility index (Phi) is 8.25. The Hall–Kier alpha value is -3.99. The fraction of sp³-hybridized carbons (Fsp3) is 0.604. The molecule has 13 atom stereocenters. The number of carbonyl (C=O) groups is 3. The Bertz CT molecular complexity index is 2130. The van der Waals surface area contributed by atoms with Gasteiger partial charge in [-0.05, 0) is 108 Å². The number of phenolic OH excluding ortho intramolecular Hbond substituents is 1. The minimum atomic E-state index is -1.19. The second-order valence-corrected chi connectivity index (χ2v) is 20.1. The van der Waals surface area contributed by atoms with Gasteiger partial charge in [0.15, 0.2) is 0 Å². The number of aliphatic hydroxyl groups excluding tert-OH is 1. The van der Waals surface area contributed by atoms with E-state index in [0.29, 0.717) is 30.8 Å². The second kappa shape index (κ2) is 12.5. The molecule has 0 radical (unpaired) electrons. The molecule has 8 aliphatic rings. The van der Waals surface area contributed by atoms with Crippen LogP contribution in [0.3, 0.4) is 0 Å². The molecule has 0 unspecified atom stereocenters. The van der Waals surface area contributed by atoms with Crippen molar-refractivity contribution in [3.8, 4) is 11.5 Å². The predicted octanol–water partition coefficient (Wildman–Crippen LogP) is 7.88. The van der Waals surface area contributed by atoms with E-state index in [1.807, 2.05) is 12.1 Å². The summed E-state index contributed by atoms with van der Waals surface area (Å²) < 4.78 is 30.3. The van der Waals surface area contributed by atoms with Gasteiger partial charge in [0.25, 0.3) is 0 Å². The summed E-state index contributed by atoms with van der Waals surface area (Å²) in [6, 6.07) is 14.2. The summed E-state index contributed by atoms with van der Waals surface area (Å²) in [4.78, 5) is 41.9. The Morgan fingerprint density at radius 1 is 0.983 bits per heavy atom. The number of Topliss-reactive ketones (excluding diaryl/α,β-unsaturated/α-hetero) is 1. The number of aliphatic hydroxyl groups is 1. The van der Waals surface area contributed by atoms with E-state index in [0.717, 1.165) is 43.4 Å². The molecule has 3 aliphatic heterocycles. The summed E-state index contributed by atoms with van der Waals surface area (Å²) in [5.41, 5.74) is 0.698. The molecule has 308 valence electrons. The van der Waals surface area contributed by atoms with E-state index < -0.39 is 28.9 Å². The number of esters is 2. The van der Waals surface area contributed by atoms with Crippen molar-refractivity contribution in [3.63, 3.8) is 0 Å². The zero-order valence-corrected chi connectivity index (χ0v) is 34.3. The van der Waals surface area contributed by atoms with E-state index in [1.165, 1.54) is 17.7 Å². The van der Waals surface area contributed by atoms with Gasteiger partial charge in [-0.1, -0.05) is 68.8 Å². The molecule has 0 amide bonds. The summed E-state index contributed by atoms with van der Waals surface area (Å²) in [6.45, 7) is 9.46. The number of allylic oxidation sites excluding steroid dienone is 3. The number of carbonyl (C=O) groups excluding carboxylic acids is 3. The van der Waals surface area contributed by atoms with Crippen molar-refractivity contribution < 1.29 is 48.3 Å². The highest BCUT2D eigenvalue weighted by Gasteiger charge is 2.85. The van der Waals surface area contributed by atoms with Gasteiger partial charge in [0, 0.05) is 23.7 Å². The second-order valence-electron chi connectivity index (χ2n) is 20.1. The molecule has 6 fully saturated rings. The summed E-state index contributed by atoms with van der Waals surface area (Å²) in [5.74, 6) is -0.895. The quantitative estimate of drug-likeness (QED) is 0.211. The number of fused-ring (bicyclic) bond motifs is 5. The fourth-order valence-electron chi connectivity index (χ4n) is 14.3. The van der Waals surface area contributed by atoms with Gasteiger partial charge < -0.3 is 33.9 Å². The average Bonchev–Trinajstić information content (AvgIpc) is 3.40. The van der Waals surface area contributed by atoms with E-state index in [1.54, 1.807) is 26.2 Å². The number of hydrogen-bond acceptors (Lipinski definition) is 10. The summed E-state index contributed by atoms with van der Waals surface area (Å²) in [6.07, 6.45) is 11.5. The van der Waals surface area contributed by atoms with Crippen molar-refractivity contribution in [1.82, 2.24) is 0 Å². The lowest BCUT2D eigenvalue weighted by atomic mass is 9.39. The first kappa shape index (κ1) is 38.2. The van der Waals surface area contributed by atoms with E-state index in [4.69, 9.17) is 23.7 Å². The topological polar surface area (TPSA) is 138 Å². The highest BCUT2D eigenvalue weighted by atomic mass is 16.7. The number of phenols is 1. The van der Waals surface area contributed by atoms with Crippen LogP contribution in [-0.2, 0) is 33.3 Å². The van der Waals surface area contributed by atoms with Crippen LogP contribution < -0.4 is 4.74 Å². The minimum Gasteiger partial charge on any atom is -0.508 e. The van der Waals surface area contributed by atoms with E-state index in [2.05, 4.69) is 51.1 Å². The maximum atomic E-state index is 15.0. The molecule has 3 saturated carbocycles. The molecule has 2 N–H and O–H groups in total. The van der Waals surface area contributed by atoms with Crippen molar-refractivity contribution in [2.45, 2.75) is 109 Å². The largest absolute Gasteiger partial charge is 0.508 e. The van der Waals surface area contributed by atoms with Gasteiger partial charge in [-0.3, -0.25) is 14.4 Å². The molecule has 2 aromatic rings. The molecule has 10 heteroatoms. The van der Waals surface area contributed by atoms with Crippen LogP contribution in [0.5, 0.6) is 11.5 Å². The molecule has 10 nitrogen and oxygen atoms in total. The molecule has 1 spiro atoms. The van der Waals surface area contributed by atoms with Crippen molar-refractivity contribution in [1.29, 1.82) is 0 Å². The smallest absolute Gasteiger partial charge is 0.312 e. The Morgan fingerprint density at radius 3 is 2.48 bits per heavy atom. The highest BCUT2D eigenvalue weighted by molar-refractivity contribution is 5.90. The lowest BCUT2D eigenvalue weighted by Crippen LogP contribution is -2.63. The molecule has 3 heterocycles. The monoisotopic (exact) mass is 792 g/mol. The molecule has 0 aromatic heterocycles. The van der Waals surface area contributed by atoms with Gasteiger partial charge in [-0.25, -0.2) is 0 Å². The van der Waals surface area contributed by atoms with Crippen molar-refractivity contribution in [2.24, 2.45) is 50.7 Å². The number of ketones is 1. The van der Waals surface area contributed by atoms with Crippen molar-refractivity contribution in [2.75, 3.05) is 20.3 Å². The van der Waals surface area contributed by atoms with Gasteiger partial charge in [0.2, 0.25) is 5.79 Å². The van der Waals surface area contributed by atoms with Gasteiger partial charge in [-0.15, -0.1) is 0 Å². The van der Waals surface area contributed by atoms with E-state index >= 15 is 4.79 Å². The lowest BCUT2D eigenvalue weighted by Gasteiger charge is -2.64. The van der Waals surface area contributed by atoms with Crippen LogP contribution in [0.25, 0.3) is 0 Å². The predicted molar refractivity (Wildman–Crippen MR) is 211 cm³/mol. The lowest BCUT2D eigenvalue weighted by molar-refractivity contribution is -0.192. The third kappa shape index (κ3) is 5.16. The molecule has 5 aliphatic carbocycles. The average molecular weight is 793 g/mol. The standard InChI is InChI=1S/C48H56O10/c1-42(57-40(52)21-35(50)28-6-10-31(49)11-7-28)24-48(56-26-42)23-33(41(53)58-48)34-15-19-47-25-46(34,47)18-16-37-43(2)17-14-30-20-36(29-8-12-32(54-5)13-9-29)55-27-44(30,3)38(43)22-39(51)45(37,47)4/h6-14,16,18,33-38,49-50H,15,17,19-27H2,1-5H3/t33-,34-,35+,36-,37+,38+,42+,43+,44-,45-,46+,47+,48+/m0/s1. The SMILES string of the molecule is COc1ccc([C@@H]2CC3=CC[C@@]4(C)[C@@H](CC(=O)[C@]5(C)[C@@H]4C=C[C@]46C[C@@]45CC[C@H]6[C@@H]4C[C@]5(C[C@@](C)(OC(=O)C[C@@H](O)c6ccc(O)cc6)CO5)OC4=O)[C@@]3(C)CO2)cc1. The fourth-order valence-corrected chi connectivity index (χ4v) is 14.3. The third-order valence-corrected chi connectivity index (χ3v) is 17.2. The molecular weight excluding hydrogens is 737 g/mol. The first-order valence-corrected chi connectivity index (χ1v) is 21.3. The Balaban J connectivity index is 0.856. The van der Waals surface area contributed by atoms with Crippen LogP contribution in [0.2, 0.25) is 0 Å². The molecule has 0 bridgehead atoms. The van der Waals surface area contributed by atoms with Crippen molar-refractivity contribution in [3.05, 3.63) is 83.5 Å².